The molecule has 0 fully saturated rings. The lowest BCUT2D eigenvalue weighted by molar-refractivity contribution is -0.274. The summed E-state index contributed by atoms with van der Waals surface area (Å²) in [4.78, 5) is 41.2. The highest BCUT2D eigenvalue weighted by molar-refractivity contribution is 6.07. The first kappa shape index (κ1) is 24.0. The number of benzene rings is 1. The molecule has 8 nitrogen and oxygen atoms in total. The van der Waals surface area contributed by atoms with Crippen molar-refractivity contribution >= 4 is 17.4 Å². The second kappa shape index (κ2) is 9.71. The first-order valence-electron chi connectivity index (χ1n) is 9.74. The fourth-order valence-electron chi connectivity index (χ4n) is 2.97. The topological polar surface area (TPSA) is 110 Å². The van der Waals surface area contributed by atoms with Crippen LogP contribution in [-0.2, 0) is 6.54 Å². The van der Waals surface area contributed by atoms with Crippen molar-refractivity contribution in [1.29, 1.82) is 0 Å². The molecule has 31 heavy (non-hydrogen) atoms. The summed E-state index contributed by atoms with van der Waals surface area (Å²) in [6.45, 7) is 5.92. The number of nitrogens with one attached hydrogen (secondary N) is 1. The Hall–Kier alpha value is -3.24. The van der Waals surface area contributed by atoms with E-state index in [4.69, 9.17) is 5.73 Å². The lowest BCUT2D eigenvalue weighted by atomic mass is 10.1. The van der Waals surface area contributed by atoms with Crippen molar-refractivity contribution in [3.05, 3.63) is 50.7 Å². The van der Waals surface area contributed by atoms with Gasteiger partial charge in [0.15, 0.2) is 5.69 Å². The SMILES string of the molecule is CCCCn1c(N)c(N(CC(C)C)C(=O)c2ccc(OC(F)(F)F)cc2)c(=O)[nH]c1=O. The van der Waals surface area contributed by atoms with Crippen LogP contribution >= 0.6 is 0 Å². The van der Waals surface area contributed by atoms with Crippen LogP contribution < -0.4 is 26.6 Å². The molecule has 11 heteroatoms. The van der Waals surface area contributed by atoms with E-state index in [1.165, 1.54) is 4.57 Å². The Balaban J connectivity index is 2.50. The Morgan fingerprint density at radius 2 is 1.84 bits per heavy atom. The molecule has 170 valence electrons. The number of nitrogen functional groups attached to an aromatic ring is 1. The summed E-state index contributed by atoms with van der Waals surface area (Å²) in [6, 6.07) is 4.33. The zero-order chi connectivity index (χ0) is 23.3. The van der Waals surface area contributed by atoms with E-state index in [1.54, 1.807) is 0 Å². The van der Waals surface area contributed by atoms with Crippen molar-refractivity contribution in [3.8, 4) is 5.75 Å². The molecule has 0 atom stereocenters. The quantitative estimate of drug-likeness (QED) is 0.653. The minimum Gasteiger partial charge on any atom is -0.406 e. The number of anilines is 2. The Labute approximate surface area is 176 Å². The Bertz CT molecular complexity index is 1030. The maximum atomic E-state index is 13.2. The minimum atomic E-state index is -4.86. The normalized spacial score (nSPS) is 11.6. The molecule has 0 unspecified atom stereocenters. The van der Waals surface area contributed by atoms with E-state index in [0.29, 0.717) is 6.42 Å². The zero-order valence-corrected chi connectivity index (χ0v) is 17.5. The van der Waals surface area contributed by atoms with Crippen LogP contribution in [0.4, 0.5) is 24.7 Å². The second-order valence-corrected chi connectivity index (χ2v) is 7.38. The molecule has 2 aromatic rings. The fraction of sp³-hybridized carbons (Fsp3) is 0.450. The van der Waals surface area contributed by atoms with Gasteiger partial charge in [-0.1, -0.05) is 27.2 Å². The molecular weight excluding hydrogens is 417 g/mol. The number of rotatable bonds is 8. The molecule has 0 bridgehead atoms. The number of carbonyl (C=O) groups is 1. The van der Waals surface area contributed by atoms with Crippen LogP contribution in [0.5, 0.6) is 5.75 Å². The number of ether oxygens (including phenoxy) is 1. The summed E-state index contributed by atoms with van der Waals surface area (Å²) in [6.07, 6.45) is -3.45. The smallest absolute Gasteiger partial charge is 0.406 e. The Kier molecular flexibility index (Phi) is 7.53. The van der Waals surface area contributed by atoms with Crippen molar-refractivity contribution in [1.82, 2.24) is 9.55 Å². The van der Waals surface area contributed by atoms with E-state index in [9.17, 15) is 27.6 Å². The summed E-state index contributed by atoms with van der Waals surface area (Å²) in [7, 11) is 0. The van der Waals surface area contributed by atoms with Crippen molar-refractivity contribution in [2.45, 2.75) is 46.5 Å². The molecule has 1 heterocycles. The van der Waals surface area contributed by atoms with E-state index in [2.05, 4.69) is 9.72 Å². The predicted molar refractivity (Wildman–Crippen MR) is 110 cm³/mol. The maximum absolute atomic E-state index is 13.2. The number of hydrogen-bond donors (Lipinski definition) is 2. The number of hydrogen-bond acceptors (Lipinski definition) is 5. The third-order valence-electron chi connectivity index (χ3n) is 4.35. The highest BCUT2D eigenvalue weighted by atomic mass is 19.4. The fourth-order valence-corrected chi connectivity index (χ4v) is 2.97. The molecule has 0 saturated heterocycles. The number of carbonyl (C=O) groups excluding carboxylic acids is 1. The number of amides is 1. The van der Waals surface area contributed by atoms with Crippen molar-refractivity contribution < 1.29 is 22.7 Å². The number of aromatic nitrogens is 2. The third-order valence-corrected chi connectivity index (χ3v) is 4.35. The van der Waals surface area contributed by atoms with Crippen LogP contribution in [-0.4, -0.2) is 28.4 Å². The molecule has 0 aliphatic carbocycles. The van der Waals surface area contributed by atoms with Crippen LogP contribution in [0.2, 0.25) is 0 Å². The monoisotopic (exact) mass is 442 g/mol. The number of nitrogens with two attached hydrogens (primary N) is 1. The second-order valence-electron chi connectivity index (χ2n) is 7.38. The van der Waals surface area contributed by atoms with Crippen LogP contribution in [0.1, 0.15) is 44.0 Å². The Morgan fingerprint density at radius 3 is 2.35 bits per heavy atom. The summed E-state index contributed by atoms with van der Waals surface area (Å²) >= 11 is 0. The van der Waals surface area contributed by atoms with Crippen LogP contribution in [0.25, 0.3) is 0 Å². The molecule has 0 radical (unpaired) electrons. The molecule has 0 spiro atoms. The van der Waals surface area contributed by atoms with Gasteiger partial charge in [0.25, 0.3) is 11.5 Å². The average molecular weight is 442 g/mol. The first-order valence-corrected chi connectivity index (χ1v) is 9.74. The third kappa shape index (κ3) is 6.12. The van der Waals surface area contributed by atoms with E-state index in [1.807, 2.05) is 20.8 Å². The largest absolute Gasteiger partial charge is 0.573 e. The van der Waals surface area contributed by atoms with Gasteiger partial charge in [0.1, 0.15) is 11.6 Å². The molecule has 2 rings (SSSR count). The lowest BCUT2D eigenvalue weighted by Crippen LogP contribution is -2.42. The van der Waals surface area contributed by atoms with E-state index < -0.39 is 29.3 Å². The van der Waals surface area contributed by atoms with E-state index in [0.717, 1.165) is 35.6 Å². The molecule has 1 aromatic heterocycles. The van der Waals surface area contributed by atoms with E-state index in [-0.39, 0.29) is 36.1 Å². The number of H-pyrrole nitrogens is 1. The van der Waals surface area contributed by atoms with Gasteiger partial charge in [-0.3, -0.25) is 19.1 Å². The van der Waals surface area contributed by atoms with Crippen LogP contribution in [0.3, 0.4) is 0 Å². The molecule has 1 aromatic carbocycles. The number of halogens is 3. The van der Waals surface area contributed by atoms with Gasteiger partial charge in [0, 0.05) is 18.7 Å². The molecular formula is C20H25F3N4O4. The molecule has 0 saturated carbocycles. The van der Waals surface area contributed by atoms with Crippen molar-refractivity contribution in [3.63, 3.8) is 0 Å². The van der Waals surface area contributed by atoms with Gasteiger partial charge in [0.2, 0.25) is 0 Å². The van der Waals surface area contributed by atoms with Gasteiger partial charge >= 0.3 is 12.1 Å². The van der Waals surface area contributed by atoms with Crippen LogP contribution in [0.15, 0.2) is 33.9 Å². The van der Waals surface area contributed by atoms with Crippen molar-refractivity contribution in [2.75, 3.05) is 17.2 Å². The number of alkyl halides is 3. The Morgan fingerprint density at radius 1 is 1.23 bits per heavy atom. The first-order chi connectivity index (χ1) is 14.4. The molecule has 3 N–H and O–H groups in total. The number of unbranched alkanes of at least 4 members (excludes halogenated alkanes) is 1. The van der Waals surface area contributed by atoms with E-state index >= 15 is 0 Å². The lowest BCUT2D eigenvalue weighted by Gasteiger charge is -2.26. The standard InChI is InChI=1S/C20H25F3N4O4/c1-4-5-10-26-16(24)15(17(28)25-19(26)30)27(11-12(2)3)18(29)13-6-8-14(9-7-13)31-20(21,22)23/h6-9,12H,4-5,10-11,24H2,1-3H3,(H,25,28,30). The predicted octanol–water partition coefficient (Wildman–Crippen LogP) is 3.12. The highest BCUT2D eigenvalue weighted by Gasteiger charge is 2.31. The zero-order valence-electron chi connectivity index (χ0n) is 17.5. The summed E-state index contributed by atoms with van der Waals surface area (Å²) in [5.74, 6) is -1.35. The highest BCUT2D eigenvalue weighted by Crippen LogP contribution is 2.25. The summed E-state index contributed by atoms with van der Waals surface area (Å²) in [5, 5.41) is 0. The van der Waals surface area contributed by atoms with Gasteiger partial charge < -0.3 is 15.4 Å². The maximum Gasteiger partial charge on any atom is 0.573 e. The van der Waals surface area contributed by atoms with Gasteiger partial charge in [-0.15, -0.1) is 13.2 Å². The van der Waals surface area contributed by atoms with Gasteiger partial charge in [-0.2, -0.15) is 0 Å². The summed E-state index contributed by atoms with van der Waals surface area (Å²) in [5.41, 5.74) is 4.47. The molecule has 0 aliphatic heterocycles. The molecule has 1 amide bonds. The van der Waals surface area contributed by atoms with Crippen molar-refractivity contribution in [2.24, 2.45) is 5.92 Å². The minimum absolute atomic E-state index is 0.0280. The van der Waals surface area contributed by atoms with Crippen LogP contribution in [0, 0.1) is 5.92 Å². The summed E-state index contributed by atoms with van der Waals surface area (Å²) < 4.78 is 42.1. The number of nitrogens with zero attached hydrogens (tertiary/aromatic N) is 2. The average Bonchev–Trinajstić information content (AvgIpc) is 2.65. The number of aromatic amines is 1. The molecule has 0 aliphatic rings. The van der Waals surface area contributed by atoms with Gasteiger partial charge in [0.05, 0.1) is 0 Å². The van der Waals surface area contributed by atoms with Gasteiger partial charge in [-0.05, 0) is 36.6 Å². The van der Waals surface area contributed by atoms with Gasteiger partial charge in [-0.25, -0.2) is 4.79 Å².